The van der Waals surface area contributed by atoms with E-state index in [2.05, 4.69) is 22.9 Å². The minimum Gasteiger partial charge on any atom is -0.449 e. The molecule has 0 bridgehead atoms. The SMILES string of the molecule is CC(C)(C)CC(C)(C)NC(=O)C(OC(=O)CNC(=O)OC(C)(C)C)[C@H](COCc1ccccc1)NC(=O)OC(C)(C)C.CC1CCCCC1. The zero-order valence-corrected chi connectivity index (χ0v) is 32.2. The molecule has 2 rings (SSSR count). The molecule has 11 nitrogen and oxygen atoms in total. The fourth-order valence-electron chi connectivity index (χ4n) is 5.58. The van der Waals surface area contributed by atoms with Gasteiger partial charge in [-0.15, -0.1) is 0 Å². The molecule has 11 heteroatoms. The molecule has 1 aromatic carbocycles. The number of carbonyl (C=O) groups is 4. The van der Waals surface area contributed by atoms with Crippen molar-refractivity contribution in [2.45, 2.75) is 157 Å². The van der Waals surface area contributed by atoms with Crippen molar-refractivity contribution in [3.8, 4) is 0 Å². The summed E-state index contributed by atoms with van der Waals surface area (Å²) in [5, 5.41) is 7.92. The molecule has 0 saturated heterocycles. The first-order valence-electron chi connectivity index (χ1n) is 17.5. The van der Waals surface area contributed by atoms with E-state index in [4.69, 9.17) is 18.9 Å². The summed E-state index contributed by atoms with van der Waals surface area (Å²) in [6.07, 6.45) is 4.90. The third-order valence-electron chi connectivity index (χ3n) is 7.10. The second-order valence-corrected chi connectivity index (χ2v) is 16.9. The van der Waals surface area contributed by atoms with Crippen LogP contribution in [0.25, 0.3) is 0 Å². The number of esters is 1. The van der Waals surface area contributed by atoms with Gasteiger partial charge in [-0.3, -0.25) is 9.59 Å². The number of ether oxygens (including phenoxy) is 4. The molecule has 1 unspecified atom stereocenters. The summed E-state index contributed by atoms with van der Waals surface area (Å²) in [4.78, 5) is 51.5. The Hall–Kier alpha value is -3.34. The van der Waals surface area contributed by atoms with Gasteiger partial charge in [0.15, 0.2) is 0 Å². The van der Waals surface area contributed by atoms with Crippen LogP contribution in [0.3, 0.4) is 0 Å². The number of carbonyl (C=O) groups excluding carboxylic acids is 4. The van der Waals surface area contributed by atoms with Crippen LogP contribution in [0.2, 0.25) is 0 Å². The topological polar surface area (TPSA) is 141 Å². The van der Waals surface area contributed by atoms with Gasteiger partial charge in [0.05, 0.1) is 13.2 Å². The molecule has 3 N–H and O–H groups in total. The van der Waals surface area contributed by atoms with E-state index in [0.717, 1.165) is 11.5 Å². The number of nitrogens with one attached hydrogen (secondary N) is 3. The molecule has 0 aromatic heterocycles. The Morgan fingerprint density at radius 1 is 0.796 bits per heavy atom. The molecule has 2 atom stereocenters. The highest BCUT2D eigenvalue weighted by Crippen LogP contribution is 2.27. The highest BCUT2D eigenvalue weighted by Gasteiger charge is 2.38. The predicted octanol–water partition coefficient (Wildman–Crippen LogP) is 7.45. The highest BCUT2D eigenvalue weighted by molar-refractivity contribution is 5.87. The summed E-state index contributed by atoms with van der Waals surface area (Å²) in [6, 6.07) is 8.22. The van der Waals surface area contributed by atoms with E-state index < -0.39 is 59.5 Å². The summed E-state index contributed by atoms with van der Waals surface area (Å²) in [5.41, 5.74) is -1.52. The molecular weight excluding hydrogens is 626 g/mol. The molecule has 1 aromatic rings. The van der Waals surface area contributed by atoms with Gasteiger partial charge in [-0.2, -0.15) is 0 Å². The van der Waals surface area contributed by atoms with Crippen LogP contribution in [0.1, 0.15) is 127 Å². The maximum atomic E-state index is 13.7. The summed E-state index contributed by atoms with van der Waals surface area (Å²) < 4.78 is 22.0. The summed E-state index contributed by atoms with van der Waals surface area (Å²) in [5.74, 6) is -0.512. The Bertz CT molecular complexity index is 1160. The van der Waals surface area contributed by atoms with Gasteiger partial charge in [0.2, 0.25) is 6.10 Å². The minimum atomic E-state index is -1.51. The number of hydrogen-bond donors (Lipinski definition) is 3. The molecule has 0 aliphatic heterocycles. The van der Waals surface area contributed by atoms with E-state index in [1.807, 2.05) is 65.0 Å². The van der Waals surface area contributed by atoms with Crippen molar-refractivity contribution < 1.29 is 38.1 Å². The highest BCUT2D eigenvalue weighted by atomic mass is 16.6. The van der Waals surface area contributed by atoms with Crippen LogP contribution in [0.15, 0.2) is 30.3 Å². The molecule has 0 radical (unpaired) electrons. The van der Waals surface area contributed by atoms with Crippen LogP contribution in [0, 0.1) is 11.3 Å². The van der Waals surface area contributed by atoms with Gasteiger partial charge in [-0.05, 0) is 78.7 Å². The fraction of sp³-hybridized carbons (Fsp3) is 0.737. The van der Waals surface area contributed by atoms with Crippen molar-refractivity contribution in [1.82, 2.24) is 16.0 Å². The van der Waals surface area contributed by atoms with E-state index in [9.17, 15) is 19.2 Å². The molecule has 0 spiro atoms. The summed E-state index contributed by atoms with van der Waals surface area (Å²) in [6.45, 7) is 21.8. The lowest BCUT2D eigenvalue weighted by Gasteiger charge is -2.35. The number of rotatable bonds is 12. The Balaban J connectivity index is 0.00000151. The van der Waals surface area contributed by atoms with Gasteiger partial charge in [-0.25, -0.2) is 9.59 Å². The van der Waals surface area contributed by atoms with E-state index in [-0.39, 0.29) is 18.6 Å². The maximum absolute atomic E-state index is 13.7. The minimum absolute atomic E-state index is 0.118. The quantitative estimate of drug-likeness (QED) is 0.152. The molecule has 0 heterocycles. The second kappa shape index (κ2) is 19.7. The van der Waals surface area contributed by atoms with Gasteiger partial charge >= 0.3 is 18.2 Å². The number of amides is 3. The van der Waals surface area contributed by atoms with Gasteiger partial charge in [0.25, 0.3) is 5.91 Å². The Kier molecular flexibility index (Phi) is 17.6. The van der Waals surface area contributed by atoms with Crippen molar-refractivity contribution in [1.29, 1.82) is 0 Å². The Morgan fingerprint density at radius 3 is 1.84 bits per heavy atom. The van der Waals surface area contributed by atoms with E-state index >= 15 is 0 Å². The smallest absolute Gasteiger partial charge is 0.408 e. The van der Waals surface area contributed by atoms with Crippen molar-refractivity contribution in [3.05, 3.63) is 35.9 Å². The van der Waals surface area contributed by atoms with Crippen molar-refractivity contribution in [2.24, 2.45) is 11.3 Å². The number of benzene rings is 1. The molecule has 49 heavy (non-hydrogen) atoms. The van der Waals surface area contributed by atoms with Crippen LogP contribution < -0.4 is 16.0 Å². The molecule has 1 saturated carbocycles. The van der Waals surface area contributed by atoms with Crippen LogP contribution in [0.4, 0.5) is 9.59 Å². The Morgan fingerprint density at radius 2 is 1.35 bits per heavy atom. The third-order valence-corrected chi connectivity index (χ3v) is 7.10. The fourth-order valence-corrected chi connectivity index (χ4v) is 5.58. The first kappa shape index (κ1) is 43.7. The van der Waals surface area contributed by atoms with E-state index in [1.54, 1.807) is 41.5 Å². The molecule has 280 valence electrons. The number of alkyl carbamates (subject to hydrolysis) is 2. The average molecular weight is 692 g/mol. The maximum Gasteiger partial charge on any atom is 0.408 e. The third kappa shape index (κ3) is 22.1. The lowest BCUT2D eigenvalue weighted by molar-refractivity contribution is -0.159. The number of hydrogen-bond acceptors (Lipinski definition) is 8. The zero-order valence-electron chi connectivity index (χ0n) is 32.2. The van der Waals surface area contributed by atoms with Gasteiger partial charge in [0, 0.05) is 5.54 Å². The van der Waals surface area contributed by atoms with E-state index in [1.165, 1.54) is 32.1 Å². The monoisotopic (exact) mass is 691 g/mol. The first-order valence-corrected chi connectivity index (χ1v) is 17.5. The normalized spacial score (nSPS) is 15.4. The van der Waals surface area contributed by atoms with Crippen molar-refractivity contribution >= 4 is 24.1 Å². The Labute approximate surface area is 295 Å². The molecule has 1 fully saturated rings. The van der Waals surface area contributed by atoms with Crippen molar-refractivity contribution in [3.63, 3.8) is 0 Å². The predicted molar refractivity (Wildman–Crippen MR) is 192 cm³/mol. The van der Waals surface area contributed by atoms with Gasteiger partial charge < -0.3 is 34.9 Å². The van der Waals surface area contributed by atoms with Gasteiger partial charge in [-0.1, -0.05) is 90.1 Å². The van der Waals surface area contributed by atoms with Crippen molar-refractivity contribution in [2.75, 3.05) is 13.2 Å². The standard InChI is InChI=1S/C31H51N3O8.C7H14/c1-28(2,3)20-31(10,11)34-25(36)24(40-23(35)17-32-26(37)41-29(4,5)6)22(33-27(38)42-30(7,8)9)19-39-18-21-15-13-12-14-16-21;1-7-5-3-2-4-6-7/h12-16,22,24H,17-20H2,1-11H3,(H,32,37)(H,33,38)(H,34,36);7H,2-6H2,1H3/t22-,24?;/m0./s1. The van der Waals surface area contributed by atoms with Crippen LogP contribution in [0.5, 0.6) is 0 Å². The summed E-state index contributed by atoms with van der Waals surface area (Å²) in [7, 11) is 0. The average Bonchev–Trinajstić information content (AvgIpc) is 2.92. The molecule has 1 aliphatic rings. The van der Waals surface area contributed by atoms with E-state index in [0.29, 0.717) is 6.42 Å². The lowest BCUT2D eigenvalue weighted by atomic mass is 9.81. The zero-order chi connectivity index (χ0) is 37.5. The first-order chi connectivity index (χ1) is 22.4. The van der Waals surface area contributed by atoms with Crippen LogP contribution >= 0.6 is 0 Å². The second-order valence-electron chi connectivity index (χ2n) is 16.9. The van der Waals surface area contributed by atoms with Crippen LogP contribution in [-0.4, -0.2) is 66.1 Å². The van der Waals surface area contributed by atoms with Crippen LogP contribution in [-0.2, 0) is 35.1 Å². The molecular formula is C38H65N3O8. The van der Waals surface area contributed by atoms with Gasteiger partial charge in [0.1, 0.15) is 23.8 Å². The summed E-state index contributed by atoms with van der Waals surface area (Å²) >= 11 is 0. The lowest BCUT2D eigenvalue weighted by Crippen LogP contribution is -2.59. The molecule has 1 aliphatic carbocycles. The molecule has 3 amide bonds. The largest absolute Gasteiger partial charge is 0.449 e.